The zero-order valence-corrected chi connectivity index (χ0v) is 16.0. The smallest absolute Gasteiger partial charge is 0.437 e. The molecule has 0 atom stereocenters. The van der Waals surface area contributed by atoms with Crippen LogP contribution in [-0.4, -0.2) is 33.2 Å². The Hall–Kier alpha value is -3.53. The quantitative estimate of drug-likeness (QED) is 0.466. The van der Waals surface area contributed by atoms with Crippen LogP contribution in [0.25, 0.3) is 11.5 Å². The minimum Gasteiger partial charge on any atom is -0.454 e. The number of anilines is 1. The zero-order chi connectivity index (χ0) is 20.2. The van der Waals surface area contributed by atoms with Crippen LogP contribution in [0.4, 0.5) is 5.69 Å². The first-order chi connectivity index (χ1) is 14.1. The van der Waals surface area contributed by atoms with Crippen LogP contribution in [0.15, 0.2) is 63.4 Å². The SMILES string of the molecule is C=CCSc1ncccc1-c1nn(CC(=O)Nc2ccc3c(c2)OCO3)c(=O)o1. The lowest BCUT2D eigenvalue weighted by Crippen LogP contribution is -2.25. The number of aromatic nitrogens is 3. The van der Waals surface area contributed by atoms with Gasteiger partial charge < -0.3 is 19.2 Å². The Morgan fingerprint density at radius 3 is 3.03 bits per heavy atom. The molecular formula is C19H16N4O5S. The molecule has 1 aliphatic rings. The number of carbonyl (C=O) groups is 1. The molecule has 4 rings (SSSR count). The second-order valence-electron chi connectivity index (χ2n) is 5.90. The Balaban J connectivity index is 1.49. The van der Waals surface area contributed by atoms with E-state index in [1.807, 2.05) is 0 Å². The van der Waals surface area contributed by atoms with E-state index in [1.54, 1.807) is 42.6 Å². The van der Waals surface area contributed by atoms with E-state index in [4.69, 9.17) is 13.9 Å². The summed E-state index contributed by atoms with van der Waals surface area (Å²) in [5.41, 5.74) is 1.10. The summed E-state index contributed by atoms with van der Waals surface area (Å²) in [5.74, 6) is 0.743. The van der Waals surface area contributed by atoms with Crippen molar-refractivity contribution >= 4 is 23.4 Å². The summed E-state index contributed by atoms with van der Waals surface area (Å²) in [5, 5.41) is 7.49. The summed E-state index contributed by atoms with van der Waals surface area (Å²) in [4.78, 5) is 28.8. The number of nitrogens with one attached hydrogen (secondary N) is 1. The standard InChI is InChI=1S/C19H16N4O5S/c1-2-8-29-18-13(4-3-7-20-18)17-22-23(19(25)28-17)10-16(24)21-12-5-6-14-15(9-12)27-11-26-14/h2-7,9H,1,8,10-11H2,(H,21,24). The molecule has 1 aliphatic heterocycles. The number of fused-ring (bicyclic) bond motifs is 1. The molecule has 3 aromatic rings. The molecule has 0 radical (unpaired) electrons. The third-order valence-corrected chi connectivity index (χ3v) is 4.90. The fourth-order valence-corrected chi connectivity index (χ4v) is 3.35. The van der Waals surface area contributed by atoms with E-state index >= 15 is 0 Å². The minimum atomic E-state index is -0.732. The first-order valence-corrected chi connectivity index (χ1v) is 9.59. The number of thioether (sulfide) groups is 1. The van der Waals surface area contributed by atoms with Crippen LogP contribution in [0.5, 0.6) is 11.5 Å². The van der Waals surface area contributed by atoms with Crippen molar-refractivity contribution in [2.75, 3.05) is 17.9 Å². The molecule has 9 nitrogen and oxygen atoms in total. The van der Waals surface area contributed by atoms with E-state index in [1.165, 1.54) is 11.8 Å². The van der Waals surface area contributed by atoms with Gasteiger partial charge in [-0.2, -0.15) is 4.68 Å². The molecular weight excluding hydrogens is 396 g/mol. The van der Waals surface area contributed by atoms with Crippen LogP contribution in [0.3, 0.4) is 0 Å². The number of amides is 1. The van der Waals surface area contributed by atoms with Crippen molar-refractivity contribution in [2.45, 2.75) is 11.6 Å². The van der Waals surface area contributed by atoms with E-state index in [2.05, 4.69) is 22.0 Å². The monoisotopic (exact) mass is 412 g/mol. The molecule has 148 valence electrons. The maximum absolute atomic E-state index is 12.3. The van der Waals surface area contributed by atoms with Gasteiger partial charge in [0.05, 0.1) is 5.56 Å². The van der Waals surface area contributed by atoms with Crippen molar-refractivity contribution < 1.29 is 18.7 Å². The molecule has 10 heteroatoms. The predicted molar refractivity (Wildman–Crippen MR) is 106 cm³/mol. The lowest BCUT2D eigenvalue weighted by Gasteiger charge is -2.05. The Labute approximate surface area is 169 Å². The van der Waals surface area contributed by atoms with Gasteiger partial charge in [0, 0.05) is 23.7 Å². The average Bonchev–Trinajstić information content (AvgIpc) is 3.33. The molecule has 0 aliphatic carbocycles. The molecule has 0 bridgehead atoms. The highest BCUT2D eigenvalue weighted by Crippen LogP contribution is 2.34. The van der Waals surface area contributed by atoms with Crippen LogP contribution in [0, 0.1) is 0 Å². The first-order valence-electron chi connectivity index (χ1n) is 8.60. The molecule has 1 aromatic carbocycles. The van der Waals surface area contributed by atoms with E-state index in [9.17, 15) is 9.59 Å². The molecule has 0 unspecified atom stereocenters. The Morgan fingerprint density at radius 2 is 2.17 bits per heavy atom. The second kappa shape index (κ2) is 8.23. The second-order valence-corrected chi connectivity index (χ2v) is 6.91. The van der Waals surface area contributed by atoms with E-state index < -0.39 is 11.7 Å². The molecule has 1 N–H and O–H groups in total. The predicted octanol–water partition coefficient (Wildman–Crippen LogP) is 2.54. The maximum atomic E-state index is 12.3. The molecule has 0 saturated carbocycles. The third-order valence-electron chi connectivity index (χ3n) is 3.90. The fourth-order valence-electron chi connectivity index (χ4n) is 2.63. The third kappa shape index (κ3) is 4.16. The van der Waals surface area contributed by atoms with Gasteiger partial charge in [0.15, 0.2) is 11.5 Å². The van der Waals surface area contributed by atoms with Crippen molar-refractivity contribution in [2.24, 2.45) is 0 Å². The number of carbonyl (C=O) groups excluding carboxylic acids is 1. The van der Waals surface area contributed by atoms with Crippen LogP contribution in [0.1, 0.15) is 0 Å². The molecule has 0 fully saturated rings. The summed E-state index contributed by atoms with van der Waals surface area (Å²) in [6.45, 7) is 3.53. The van der Waals surface area contributed by atoms with Crippen molar-refractivity contribution in [1.82, 2.24) is 14.8 Å². The van der Waals surface area contributed by atoms with Gasteiger partial charge in [-0.1, -0.05) is 6.08 Å². The van der Waals surface area contributed by atoms with Crippen LogP contribution in [0.2, 0.25) is 0 Å². The summed E-state index contributed by atoms with van der Waals surface area (Å²) >= 11 is 1.44. The molecule has 2 aromatic heterocycles. The highest BCUT2D eigenvalue weighted by Gasteiger charge is 2.18. The normalized spacial score (nSPS) is 12.0. The van der Waals surface area contributed by atoms with Gasteiger partial charge in [-0.3, -0.25) is 4.79 Å². The molecule has 29 heavy (non-hydrogen) atoms. The topological polar surface area (TPSA) is 108 Å². The minimum absolute atomic E-state index is 0.102. The number of benzene rings is 1. The number of hydrogen-bond acceptors (Lipinski definition) is 8. The van der Waals surface area contributed by atoms with Gasteiger partial charge in [0.2, 0.25) is 12.7 Å². The lowest BCUT2D eigenvalue weighted by atomic mass is 10.3. The Kier molecular flexibility index (Phi) is 5.34. The summed E-state index contributed by atoms with van der Waals surface area (Å²) < 4.78 is 16.7. The van der Waals surface area contributed by atoms with Crippen molar-refractivity contribution in [3.8, 4) is 23.0 Å². The lowest BCUT2D eigenvalue weighted by molar-refractivity contribution is -0.117. The summed E-state index contributed by atoms with van der Waals surface area (Å²) in [6.07, 6.45) is 3.39. The van der Waals surface area contributed by atoms with E-state index in [0.29, 0.717) is 33.5 Å². The molecule has 3 heterocycles. The van der Waals surface area contributed by atoms with Crippen molar-refractivity contribution in [3.63, 3.8) is 0 Å². The molecule has 1 amide bonds. The van der Waals surface area contributed by atoms with Gasteiger partial charge in [0.25, 0.3) is 5.89 Å². The zero-order valence-electron chi connectivity index (χ0n) is 15.2. The molecule has 0 saturated heterocycles. The van der Waals surface area contributed by atoms with Crippen LogP contribution in [-0.2, 0) is 11.3 Å². The van der Waals surface area contributed by atoms with Gasteiger partial charge in [-0.15, -0.1) is 23.4 Å². The van der Waals surface area contributed by atoms with Gasteiger partial charge in [-0.25, -0.2) is 9.78 Å². The molecule has 0 spiro atoms. The van der Waals surface area contributed by atoms with Crippen LogP contribution < -0.4 is 20.5 Å². The Morgan fingerprint density at radius 1 is 1.31 bits per heavy atom. The first kappa shape index (κ1) is 18.8. The van der Waals surface area contributed by atoms with Gasteiger partial charge in [0.1, 0.15) is 11.6 Å². The van der Waals surface area contributed by atoms with Gasteiger partial charge in [-0.05, 0) is 24.3 Å². The number of rotatable bonds is 7. The van der Waals surface area contributed by atoms with Crippen molar-refractivity contribution in [1.29, 1.82) is 0 Å². The number of hydrogen-bond donors (Lipinski definition) is 1. The summed E-state index contributed by atoms with van der Waals surface area (Å²) in [6, 6.07) is 8.50. The number of ether oxygens (including phenoxy) is 2. The number of pyridine rings is 1. The van der Waals surface area contributed by atoms with Crippen LogP contribution >= 0.6 is 11.8 Å². The maximum Gasteiger partial charge on any atom is 0.437 e. The Bertz CT molecular complexity index is 1120. The fraction of sp³-hybridized carbons (Fsp3) is 0.158. The van der Waals surface area contributed by atoms with Gasteiger partial charge >= 0.3 is 5.76 Å². The highest BCUT2D eigenvalue weighted by atomic mass is 32.2. The largest absolute Gasteiger partial charge is 0.454 e. The number of nitrogens with zero attached hydrogens (tertiary/aromatic N) is 3. The summed E-state index contributed by atoms with van der Waals surface area (Å²) in [7, 11) is 0. The highest BCUT2D eigenvalue weighted by molar-refractivity contribution is 7.99. The van der Waals surface area contributed by atoms with E-state index in [-0.39, 0.29) is 19.2 Å². The van der Waals surface area contributed by atoms with Crippen molar-refractivity contribution in [3.05, 3.63) is 59.7 Å². The average molecular weight is 412 g/mol. The van der Waals surface area contributed by atoms with E-state index in [0.717, 1.165) is 4.68 Å².